The summed E-state index contributed by atoms with van der Waals surface area (Å²) < 4.78 is 6.89. The molecule has 1 unspecified atom stereocenters. The van der Waals surface area contributed by atoms with E-state index in [4.69, 9.17) is 14.4 Å². The van der Waals surface area contributed by atoms with Gasteiger partial charge in [-0.3, -0.25) is 0 Å². The molecule has 0 amide bonds. The highest BCUT2D eigenvalue weighted by Crippen LogP contribution is 2.45. The molecule has 1 aliphatic carbocycles. The number of hydrogen-bond donors (Lipinski definition) is 1. The normalized spacial score (nSPS) is 15.2. The van der Waals surface area contributed by atoms with Crippen molar-refractivity contribution in [3.63, 3.8) is 0 Å². The largest absolute Gasteiger partial charge is 0.455 e. The number of benzene rings is 8. The quantitative estimate of drug-likeness (QED) is 0.184. The Hall–Kier alpha value is -7.30. The van der Waals surface area contributed by atoms with Crippen LogP contribution in [0.1, 0.15) is 51.9 Å². The van der Waals surface area contributed by atoms with E-state index in [1.54, 1.807) is 0 Å². The van der Waals surface area contributed by atoms with Gasteiger partial charge in [0.25, 0.3) is 0 Å². The average molecular weight is 746 g/mol. The summed E-state index contributed by atoms with van der Waals surface area (Å²) in [4.78, 5) is 10.6. The fourth-order valence-electron chi connectivity index (χ4n) is 8.98. The summed E-state index contributed by atoms with van der Waals surface area (Å²) in [6, 6.07) is 69.1. The molecule has 1 atom stereocenters. The second kappa shape index (κ2) is 14.3. The van der Waals surface area contributed by atoms with Crippen molar-refractivity contribution in [3.8, 4) is 33.4 Å². The van der Waals surface area contributed by atoms with E-state index in [0.29, 0.717) is 5.92 Å². The minimum Gasteiger partial charge on any atom is -0.455 e. The fraction of sp³-hybridized carbons (Fsp3) is 0.0741. The van der Waals surface area contributed by atoms with Gasteiger partial charge in [-0.2, -0.15) is 0 Å². The molecule has 0 radical (unpaired) electrons. The molecule has 0 bridgehead atoms. The highest BCUT2D eigenvalue weighted by molar-refractivity contribution is 6.17. The Kier molecular flexibility index (Phi) is 8.40. The highest BCUT2D eigenvalue weighted by atomic mass is 16.3. The lowest BCUT2D eigenvalue weighted by Gasteiger charge is -2.23. The van der Waals surface area contributed by atoms with Crippen LogP contribution in [0, 0.1) is 0 Å². The molecule has 58 heavy (non-hydrogen) atoms. The smallest absolute Gasteiger partial charge is 0.170 e. The molecule has 9 aromatic rings. The molecule has 276 valence electrons. The van der Waals surface area contributed by atoms with Crippen molar-refractivity contribution in [2.75, 3.05) is 0 Å². The first-order valence-corrected chi connectivity index (χ1v) is 20.1. The van der Waals surface area contributed by atoms with E-state index in [0.717, 1.165) is 79.8 Å². The average Bonchev–Trinajstić information content (AvgIpc) is 3.60. The van der Waals surface area contributed by atoms with Crippen LogP contribution in [-0.2, 0) is 6.42 Å². The zero-order chi connectivity index (χ0) is 38.4. The van der Waals surface area contributed by atoms with Crippen molar-refractivity contribution in [3.05, 3.63) is 228 Å². The molecule has 0 saturated carbocycles. The van der Waals surface area contributed by atoms with Gasteiger partial charge < -0.3 is 9.73 Å². The minimum absolute atomic E-state index is 0.324. The minimum atomic E-state index is -0.512. The van der Waals surface area contributed by atoms with Crippen LogP contribution in [0.4, 0.5) is 0 Å². The number of amidine groups is 2. The summed E-state index contributed by atoms with van der Waals surface area (Å²) in [6.45, 7) is 0. The molecular formula is C54H39N3O. The molecule has 0 fully saturated rings. The first-order chi connectivity index (χ1) is 28.7. The van der Waals surface area contributed by atoms with E-state index in [9.17, 15) is 0 Å². The summed E-state index contributed by atoms with van der Waals surface area (Å²) in [5, 5.41) is 5.63. The Morgan fingerprint density at radius 2 is 1.05 bits per heavy atom. The van der Waals surface area contributed by atoms with Gasteiger partial charge in [-0.05, 0) is 75.5 Å². The third-order valence-corrected chi connectivity index (χ3v) is 11.8. The summed E-state index contributed by atoms with van der Waals surface area (Å²) in [7, 11) is 0. The van der Waals surface area contributed by atoms with Crippen LogP contribution in [0.2, 0.25) is 0 Å². The number of furan rings is 1. The Morgan fingerprint density at radius 1 is 0.466 bits per heavy atom. The van der Waals surface area contributed by atoms with Gasteiger partial charge in [0.15, 0.2) is 6.17 Å². The van der Waals surface area contributed by atoms with Crippen LogP contribution >= 0.6 is 0 Å². The number of nitrogens with one attached hydrogen (secondary N) is 1. The van der Waals surface area contributed by atoms with E-state index in [2.05, 4.69) is 163 Å². The Labute approximate surface area is 337 Å². The molecule has 2 heterocycles. The van der Waals surface area contributed by atoms with Gasteiger partial charge in [-0.1, -0.05) is 176 Å². The maximum Gasteiger partial charge on any atom is 0.170 e. The van der Waals surface area contributed by atoms with Crippen LogP contribution in [0.3, 0.4) is 0 Å². The van der Waals surface area contributed by atoms with Crippen molar-refractivity contribution < 1.29 is 4.42 Å². The Balaban J connectivity index is 1.12. The molecule has 1 N–H and O–H groups in total. The van der Waals surface area contributed by atoms with E-state index in [-0.39, 0.29) is 0 Å². The van der Waals surface area contributed by atoms with Crippen LogP contribution in [0.5, 0.6) is 0 Å². The van der Waals surface area contributed by atoms with Gasteiger partial charge in [0.2, 0.25) is 0 Å². The first kappa shape index (κ1) is 34.0. The molecule has 4 nitrogen and oxygen atoms in total. The summed E-state index contributed by atoms with van der Waals surface area (Å²) in [5.41, 5.74) is 15.9. The molecule has 8 aromatic carbocycles. The Morgan fingerprint density at radius 3 is 1.76 bits per heavy atom. The van der Waals surface area contributed by atoms with E-state index in [1.165, 1.54) is 33.4 Å². The maximum atomic E-state index is 6.89. The molecule has 0 spiro atoms. The monoisotopic (exact) mass is 745 g/mol. The van der Waals surface area contributed by atoms with Crippen molar-refractivity contribution in [1.82, 2.24) is 5.32 Å². The lowest BCUT2D eigenvalue weighted by Crippen LogP contribution is -2.36. The molecule has 11 rings (SSSR count). The van der Waals surface area contributed by atoms with E-state index in [1.807, 2.05) is 36.4 Å². The SMILES string of the molecule is c1ccc(C2=NC(c3ccc(-c4ccccc4)c4oc5ccc(-c6ccc7c(c6)-c6ccccc6CCC7c6ccccc6)cc5c34)N=C(c3ccccc3)N2)cc1. The number of rotatable bonds is 6. The van der Waals surface area contributed by atoms with Gasteiger partial charge in [0.1, 0.15) is 22.8 Å². The summed E-state index contributed by atoms with van der Waals surface area (Å²) in [5.74, 6) is 1.89. The molecule has 2 aliphatic rings. The third kappa shape index (κ3) is 6.02. The molecule has 4 heteroatoms. The lowest BCUT2D eigenvalue weighted by molar-refractivity contribution is 0.668. The zero-order valence-electron chi connectivity index (χ0n) is 31.8. The van der Waals surface area contributed by atoms with Crippen molar-refractivity contribution in [1.29, 1.82) is 0 Å². The van der Waals surface area contributed by atoms with Crippen LogP contribution in [0.15, 0.2) is 209 Å². The number of aliphatic imine (C=N–C) groups is 2. The predicted octanol–water partition coefficient (Wildman–Crippen LogP) is 13.2. The fourth-order valence-corrected chi connectivity index (χ4v) is 8.98. The standard InChI is InChI=1S/C54H39N3O/c1-5-15-35(16-6-1)43-28-25-37-19-13-14-24-42(37)47-33-40(26-29-45(43)47)41-27-32-49-48(34-41)50-46(31-30-44(51(50)58-49)36-17-7-2-8-18-36)54-56-52(38-20-9-3-10-21-38)55-53(57-54)39-22-11-4-12-23-39/h1-24,26-27,29-34,43,54H,25,28H2,(H,55,56,57). The van der Waals surface area contributed by atoms with Gasteiger partial charge in [-0.15, -0.1) is 0 Å². The van der Waals surface area contributed by atoms with Crippen LogP contribution < -0.4 is 5.32 Å². The van der Waals surface area contributed by atoms with Crippen molar-refractivity contribution >= 4 is 33.6 Å². The second-order valence-corrected chi connectivity index (χ2v) is 15.2. The molecular weight excluding hydrogens is 707 g/mol. The first-order valence-electron chi connectivity index (χ1n) is 20.1. The van der Waals surface area contributed by atoms with Gasteiger partial charge in [0.05, 0.1) is 0 Å². The topological polar surface area (TPSA) is 49.9 Å². The van der Waals surface area contributed by atoms with E-state index < -0.39 is 6.17 Å². The second-order valence-electron chi connectivity index (χ2n) is 15.2. The summed E-state index contributed by atoms with van der Waals surface area (Å²) in [6.07, 6.45) is 1.60. The van der Waals surface area contributed by atoms with Gasteiger partial charge >= 0.3 is 0 Å². The number of fused-ring (bicyclic) bond motifs is 6. The molecule has 1 aliphatic heterocycles. The molecule has 0 saturated heterocycles. The van der Waals surface area contributed by atoms with E-state index >= 15 is 0 Å². The van der Waals surface area contributed by atoms with Gasteiger partial charge in [0, 0.05) is 38.9 Å². The summed E-state index contributed by atoms with van der Waals surface area (Å²) >= 11 is 0. The third-order valence-electron chi connectivity index (χ3n) is 11.8. The van der Waals surface area contributed by atoms with Crippen molar-refractivity contribution in [2.24, 2.45) is 9.98 Å². The predicted molar refractivity (Wildman–Crippen MR) is 238 cm³/mol. The zero-order valence-corrected chi connectivity index (χ0v) is 31.8. The maximum absolute atomic E-state index is 6.89. The number of hydrogen-bond acceptors (Lipinski definition) is 4. The number of nitrogens with zero attached hydrogens (tertiary/aromatic N) is 2. The highest BCUT2D eigenvalue weighted by Gasteiger charge is 2.27. The molecule has 1 aromatic heterocycles. The van der Waals surface area contributed by atoms with Crippen LogP contribution in [0.25, 0.3) is 55.3 Å². The van der Waals surface area contributed by atoms with Crippen LogP contribution in [-0.4, -0.2) is 11.7 Å². The number of aryl methyl sites for hydroxylation is 1. The van der Waals surface area contributed by atoms with Crippen molar-refractivity contribution in [2.45, 2.75) is 24.9 Å². The Bertz CT molecular complexity index is 2970. The lowest BCUT2D eigenvalue weighted by atomic mass is 9.84. The van der Waals surface area contributed by atoms with Gasteiger partial charge in [-0.25, -0.2) is 9.98 Å².